The lowest BCUT2D eigenvalue weighted by atomic mass is 9.99. The van der Waals surface area contributed by atoms with E-state index in [-0.39, 0.29) is 18.0 Å². The third-order valence-corrected chi connectivity index (χ3v) is 2.09. The van der Waals surface area contributed by atoms with Crippen molar-refractivity contribution in [2.75, 3.05) is 0 Å². The molecule has 1 nitrogen and oxygen atoms in total. The molecule has 1 aromatic rings. The fourth-order valence-corrected chi connectivity index (χ4v) is 1.37. The number of hydrogen-bond donors (Lipinski definition) is 1. The number of nitrogens with two attached hydrogens (primary N) is 1. The van der Waals surface area contributed by atoms with Crippen LogP contribution in [0.3, 0.4) is 0 Å². The summed E-state index contributed by atoms with van der Waals surface area (Å²) >= 11 is 0. The van der Waals surface area contributed by atoms with E-state index in [2.05, 4.69) is 0 Å². The minimum atomic E-state index is -4.34. The van der Waals surface area contributed by atoms with Gasteiger partial charge in [-0.3, -0.25) is 0 Å². The molecule has 0 saturated heterocycles. The van der Waals surface area contributed by atoms with Crippen molar-refractivity contribution in [3.05, 3.63) is 35.1 Å². The van der Waals surface area contributed by atoms with Gasteiger partial charge in [0.05, 0.1) is 6.42 Å². The zero-order valence-corrected chi connectivity index (χ0v) is 9.33. The molecular formula is C10H12ClF4N. The van der Waals surface area contributed by atoms with Crippen LogP contribution in [0.25, 0.3) is 0 Å². The van der Waals surface area contributed by atoms with Crippen molar-refractivity contribution in [1.29, 1.82) is 0 Å². The Bertz CT molecular complexity index is 351. The molecule has 16 heavy (non-hydrogen) atoms. The van der Waals surface area contributed by atoms with E-state index in [1.807, 2.05) is 0 Å². The SMILES string of the molecule is Cc1ccc(F)cc1[C@H](N)CC(F)(F)F.Cl. The quantitative estimate of drug-likeness (QED) is 0.806. The van der Waals surface area contributed by atoms with Crippen LogP contribution in [0.1, 0.15) is 23.6 Å². The number of aryl methyl sites for hydroxylation is 1. The Balaban J connectivity index is 0.00000225. The topological polar surface area (TPSA) is 26.0 Å². The summed E-state index contributed by atoms with van der Waals surface area (Å²) in [4.78, 5) is 0. The first-order valence-corrected chi connectivity index (χ1v) is 4.38. The van der Waals surface area contributed by atoms with Gasteiger partial charge in [-0.1, -0.05) is 6.07 Å². The molecular weight excluding hydrogens is 246 g/mol. The maximum absolute atomic E-state index is 12.8. The summed E-state index contributed by atoms with van der Waals surface area (Å²) in [6.07, 6.45) is -5.48. The van der Waals surface area contributed by atoms with Gasteiger partial charge < -0.3 is 5.73 Å². The Labute approximate surface area is 97.0 Å². The summed E-state index contributed by atoms with van der Waals surface area (Å²) in [6.45, 7) is 1.60. The van der Waals surface area contributed by atoms with E-state index in [4.69, 9.17) is 5.73 Å². The molecule has 0 radical (unpaired) electrons. The van der Waals surface area contributed by atoms with E-state index in [0.717, 1.165) is 6.07 Å². The van der Waals surface area contributed by atoms with E-state index >= 15 is 0 Å². The van der Waals surface area contributed by atoms with E-state index in [1.165, 1.54) is 12.1 Å². The molecule has 92 valence electrons. The maximum Gasteiger partial charge on any atom is 0.390 e. The van der Waals surface area contributed by atoms with Gasteiger partial charge in [0.15, 0.2) is 0 Å². The lowest BCUT2D eigenvalue weighted by molar-refractivity contribution is -0.138. The maximum atomic E-state index is 12.8. The molecule has 0 spiro atoms. The van der Waals surface area contributed by atoms with Gasteiger partial charge in [-0.15, -0.1) is 12.4 Å². The van der Waals surface area contributed by atoms with Gasteiger partial charge in [0.1, 0.15) is 5.82 Å². The number of hydrogen-bond acceptors (Lipinski definition) is 1. The van der Waals surface area contributed by atoms with Crippen molar-refractivity contribution in [3.8, 4) is 0 Å². The van der Waals surface area contributed by atoms with E-state index in [1.54, 1.807) is 6.92 Å². The third kappa shape index (κ3) is 4.37. The summed E-state index contributed by atoms with van der Waals surface area (Å²) in [7, 11) is 0. The average Bonchev–Trinajstić information content (AvgIpc) is 2.06. The molecule has 0 saturated carbocycles. The van der Waals surface area contributed by atoms with Crippen molar-refractivity contribution in [2.24, 2.45) is 5.73 Å². The molecule has 0 heterocycles. The van der Waals surface area contributed by atoms with Gasteiger partial charge in [0.25, 0.3) is 0 Å². The van der Waals surface area contributed by atoms with Crippen molar-refractivity contribution >= 4 is 12.4 Å². The van der Waals surface area contributed by atoms with Crippen LogP contribution < -0.4 is 5.73 Å². The van der Waals surface area contributed by atoms with Crippen molar-refractivity contribution in [3.63, 3.8) is 0 Å². The Morgan fingerprint density at radius 2 is 1.88 bits per heavy atom. The monoisotopic (exact) mass is 257 g/mol. The van der Waals surface area contributed by atoms with Crippen LogP contribution >= 0.6 is 12.4 Å². The molecule has 0 bridgehead atoms. The smallest absolute Gasteiger partial charge is 0.324 e. The normalized spacial score (nSPS) is 13.1. The van der Waals surface area contributed by atoms with Crippen LogP contribution in [0.4, 0.5) is 17.6 Å². The lowest BCUT2D eigenvalue weighted by Crippen LogP contribution is -2.21. The summed E-state index contributed by atoms with van der Waals surface area (Å²) < 4.78 is 49.0. The summed E-state index contributed by atoms with van der Waals surface area (Å²) in [5.74, 6) is -0.576. The van der Waals surface area contributed by atoms with Gasteiger partial charge in [0, 0.05) is 6.04 Å². The molecule has 0 amide bonds. The highest BCUT2D eigenvalue weighted by atomic mass is 35.5. The fraction of sp³-hybridized carbons (Fsp3) is 0.400. The van der Waals surface area contributed by atoms with Crippen molar-refractivity contribution < 1.29 is 17.6 Å². The second-order valence-electron chi connectivity index (χ2n) is 3.43. The van der Waals surface area contributed by atoms with Gasteiger partial charge in [-0.25, -0.2) is 4.39 Å². The van der Waals surface area contributed by atoms with E-state index in [9.17, 15) is 17.6 Å². The molecule has 0 aliphatic heterocycles. The van der Waals surface area contributed by atoms with Crippen molar-refractivity contribution in [2.45, 2.75) is 25.6 Å². The lowest BCUT2D eigenvalue weighted by Gasteiger charge is -2.16. The second kappa shape index (κ2) is 5.50. The van der Waals surface area contributed by atoms with Crippen LogP contribution in [-0.4, -0.2) is 6.18 Å². The number of alkyl halides is 3. The molecule has 0 unspecified atom stereocenters. The first-order chi connectivity index (χ1) is 6.79. The average molecular weight is 258 g/mol. The number of benzene rings is 1. The molecule has 0 aromatic heterocycles. The predicted molar refractivity (Wildman–Crippen MR) is 56.0 cm³/mol. The second-order valence-corrected chi connectivity index (χ2v) is 3.43. The highest BCUT2D eigenvalue weighted by Gasteiger charge is 2.31. The predicted octanol–water partition coefficient (Wildman–Crippen LogP) is 3.51. The zero-order valence-electron chi connectivity index (χ0n) is 8.51. The molecule has 1 aromatic carbocycles. The molecule has 1 rings (SSSR count). The summed E-state index contributed by atoms with van der Waals surface area (Å²) in [6, 6.07) is 2.45. The first-order valence-electron chi connectivity index (χ1n) is 4.38. The Morgan fingerprint density at radius 3 is 2.38 bits per heavy atom. The van der Waals surface area contributed by atoms with Crippen LogP contribution in [0, 0.1) is 12.7 Å². The highest BCUT2D eigenvalue weighted by molar-refractivity contribution is 5.85. The van der Waals surface area contributed by atoms with E-state index < -0.39 is 24.5 Å². The molecule has 2 N–H and O–H groups in total. The standard InChI is InChI=1S/C10H11F4N.ClH/c1-6-2-3-7(11)4-8(6)9(15)5-10(12,13)14;/h2-4,9H,5,15H2,1H3;1H/t9-;/m1./s1. The molecule has 6 heteroatoms. The summed E-state index contributed by atoms with van der Waals surface area (Å²) in [5, 5.41) is 0. The Kier molecular flexibility index (Phi) is 5.22. The highest BCUT2D eigenvalue weighted by Crippen LogP contribution is 2.29. The minimum absolute atomic E-state index is 0. The minimum Gasteiger partial charge on any atom is -0.324 e. The zero-order chi connectivity index (χ0) is 11.6. The molecule has 0 fully saturated rings. The van der Waals surface area contributed by atoms with E-state index in [0.29, 0.717) is 5.56 Å². The van der Waals surface area contributed by atoms with Gasteiger partial charge >= 0.3 is 6.18 Å². The first kappa shape index (κ1) is 15.2. The van der Waals surface area contributed by atoms with Crippen LogP contribution in [0.15, 0.2) is 18.2 Å². The van der Waals surface area contributed by atoms with Crippen molar-refractivity contribution in [1.82, 2.24) is 0 Å². The largest absolute Gasteiger partial charge is 0.390 e. The molecule has 0 aliphatic rings. The Morgan fingerprint density at radius 1 is 1.31 bits per heavy atom. The van der Waals surface area contributed by atoms with Crippen LogP contribution in [0.2, 0.25) is 0 Å². The fourth-order valence-electron chi connectivity index (χ4n) is 1.37. The number of halogens is 5. The Hall–Kier alpha value is -0.810. The van der Waals surface area contributed by atoms with Gasteiger partial charge in [-0.05, 0) is 30.2 Å². The molecule has 0 aliphatic carbocycles. The van der Waals surface area contributed by atoms with Gasteiger partial charge in [-0.2, -0.15) is 13.2 Å². The molecule has 1 atom stereocenters. The van der Waals surface area contributed by atoms with Crippen LogP contribution in [-0.2, 0) is 0 Å². The third-order valence-electron chi connectivity index (χ3n) is 2.09. The van der Waals surface area contributed by atoms with Crippen LogP contribution in [0.5, 0.6) is 0 Å². The summed E-state index contributed by atoms with van der Waals surface area (Å²) in [5.41, 5.74) is 6.13. The number of rotatable bonds is 2. The van der Waals surface area contributed by atoms with Gasteiger partial charge in [0.2, 0.25) is 0 Å².